The molecule has 1 aromatic heterocycles. The largest absolute Gasteiger partial charge is 0.461 e. The van der Waals surface area contributed by atoms with E-state index in [0.717, 1.165) is 6.54 Å². The van der Waals surface area contributed by atoms with Gasteiger partial charge in [-0.1, -0.05) is 13.8 Å². The van der Waals surface area contributed by atoms with E-state index in [0.29, 0.717) is 28.5 Å². The van der Waals surface area contributed by atoms with Gasteiger partial charge in [-0.05, 0) is 28.8 Å². The fourth-order valence-corrected chi connectivity index (χ4v) is 1.56. The summed E-state index contributed by atoms with van der Waals surface area (Å²) in [5.41, 5.74) is 0.341. The predicted octanol–water partition coefficient (Wildman–Crippen LogP) is 2.42. The number of carbonyl (C=O) groups is 1. The van der Waals surface area contributed by atoms with Crippen LogP contribution in [-0.2, 0) is 4.74 Å². The van der Waals surface area contributed by atoms with Crippen molar-refractivity contribution < 1.29 is 9.53 Å². The van der Waals surface area contributed by atoms with Crippen LogP contribution >= 0.6 is 15.9 Å². The lowest BCUT2D eigenvalue weighted by atomic mass is 10.2. The van der Waals surface area contributed by atoms with Gasteiger partial charge in [0.2, 0.25) is 0 Å². The Labute approximate surface area is 103 Å². The van der Waals surface area contributed by atoms with Crippen LogP contribution in [0.15, 0.2) is 4.47 Å². The van der Waals surface area contributed by atoms with Crippen molar-refractivity contribution in [3.8, 4) is 0 Å². The zero-order valence-electron chi connectivity index (χ0n) is 9.63. The van der Waals surface area contributed by atoms with Crippen LogP contribution in [0.5, 0.6) is 0 Å². The summed E-state index contributed by atoms with van der Waals surface area (Å²) in [5, 5.41) is 9.79. The van der Waals surface area contributed by atoms with Gasteiger partial charge < -0.3 is 10.1 Å². The van der Waals surface area contributed by atoms with E-state index >= 15 is 0 Å². The van der Waals surface area contributed by atoms with Crippen molar-refractivity contribution in [1.82, 2.24) is 10.2 Å². The summed E-state index contributed by atoms with van der Waals surface area (Å²) >= 11 is 3.31. The van der Waals surface area contributed by atoms with Crippen molar-refractivity contribution in [2.45, 2.75) is 20.8 Å². The van der Waals surface area contributed by atoms with Crippen LogP contribution < -0.4 is 5.32 Å². The lowest BCUT2D eigenvalue weighted by Crippen LogP contribution is -2.09. The molecule has 2 N–H and O–H groups in total. The third-order valence-corrected chi connectivity index (χ3v) is 2.64. The second kappa shape index (κ2) is 5.89. The number of nitrogens with one attached hydrogen (secondary N) is 2. The molecular formula is C10H16BrN3O2. The number of H-pyrrole nitrogens is 1. The Morgan fingerprint density at radius 2 is 2.31 bits per heavy atom. The number of hydrogen-bond acceptors (Lipinski definition) is 4. The zero-order valence-corrected chi connectivity index (χ0v) is 11.2. The van der Waals surface area contributed by atoms with Crippen molar-refractivity contribution in [1.29, 1.82) is 0 Å². The number of halogens is 1. The molecule has 16 heavy (non-hydrogen) atoms. The van der Waals surface area contributed by atoms with Gasteiger partial charge in [-0.2, -0.15) is 5.10 Å². The van der Waals surface area contributed by atoms with Gasteiger partial charge in [-0.15, -0.1) is 0 Å². The molecule has 0 spiro atoms. The highest BCUT2D eigenvalue weighted by molar-refractivity contribution is 9.10. The first kappa shape index (κ1) is 13.0. The second-order valence-electron chi connectivity index (χ2n) is 3.76. The van der Waals surface area contributed by atoms with Crippen LogP contribution in [0.3, 0.4) is 0 Å². The Kier molecular flexibility index (Phi) is 4.79. The number of carbonyl (C=O) groups excluding carboxylic acids is 1. The summed E-state index contributed by atoms with van der Waals surface area (Å²) in [6.07, 6.45) is 0. The van der Waals surface area contributed by atoms with Crippen molar-refractivity contribution in [3.05, 3.63) is 10.2 Å². The first-order chi connectivity index (χ1) is 7.56. The van der Waals surface area contributed by atoms with Gasteiger partial charge in [0.15, 0.2) is 11.5 Å². The monoisotopic (exact) mass is 289 g/mol. The average Bonchev–Trinajstić information content (AvgIpc) is 2.57. The molecule has 1 aromatic rings. The molecule has 0 aliphatic heterocycles. The second-order valence-corrected chi connectivity index (χ2v) is 4.55. The van der Waals surface area contributed by atoms with Crippen molar-refractivity contribution in [2.24, 2.45) is 5.92 Å². The minimum absolute atomic E-state index is 0.341. The molecule has 0 fully saturated rings. The maximum absolute atomic E-state index is 11.5. The van der Waals surface area contributed by atoms with Crippen LogP contribution in [0.4, 0.5) is 5.82 Å². The molecule has 0 aliphatic rings. The molecule has 0 amide bonds. The molecule has 0 saturated heterocycles. The van der Waals surface area contributed by atoms with E-state index in [1.54, 1.807) is 6.92 Å². The summed E-state index contributed by atoms with van der Waals surface area (Å²) in [7, 11) is 0. The molecule has 0 bridgehead atoms. The number of aromatic amines is 1. The summed E-state index contributed by atoms with van der Waals surface area (Å²) < 4.78 is 5.50. The Bertz CT molecular complexity index is 363. The Hall–Kier alpha value is -1.04. The Morgan fingerprint density at radius 3 is 2.88 bits per heavy atom. The Balaban J connectivity index is 2.72. The quantitative estimate of drug-likeness (QED) is 0.817. The number of esters is 1. The normalized spacial score (nSPS) is 10.6. The number of aromatic nitrogens is 2. The fourth-order valence-electron chi connectivity index (χ4n) is 1.08. The minimum atomic E-state index is -0.403. The number of ether oxygens (including phenoxy) is 1. The van der Waals surface area contributed by atoms with Crippen molar-refractivity contribution in [3.63, 3.8) is 0 Å². The molecule has 6 heteroatoms. The standard InChI is InChI=1S/C10H16BrN3O2/c1-4-16-10(15)8-7(11)9(14-13-8)12-5-6(2)3/h6H,4-5H2,1-3H3,(H2,12,13,14). The van der Waals surface area contributed by atoms with E-state index in [-0.39, 0.29) is 0 Å². The van der Waals surface area contributed by atoms with Crippen molar-refractivity contribution in [2.75, 3.05) is 18.5 Å². The minimum Gasteiger partial charge on any atom is -0.461 e. The number of anilines is 1. The maximum Gasteiger partial charge on any atom is 0.357 e. The van der Waals surface area contributed by atoms with E-state index in [9.17, 15) is 4.79 Å². The number of nitrogens with zero attached hydrogens (tertiary/aromatic N) is 1. The van der Waals surface area contributed by atoms with Crippen LogP contribution in [0, 0.1) is 5.92 Å². The molecule has 0 aromatic carbocycles. The summed E-state index contributed by atoms with van der Waals surface area (Å²) in [6, 6.07) is 0. The summed E-state index contributed by atoms with van der Waals surface area (Å²) in [6.45, 7) is 7.10. The van der Waals surface area contributed by atoms with E-state index in [1.165, 1.54) is 0 Å². The SMILES string of the molecule is CCOC(=O)c1[nH]nc(NCC(C)C)c1Br. The molecule has 0 atom stereocenters. The van der Waals surface area contributed by atoms with Gasteiger partial charge in [-0.25, -0.2) is 4.79 Å². The first-order valence-corrected chi connectivity index (χ1v) is 6.00. The smallest absolute Gasteiger partial charge is 0.357 e. The molecular weight excluding hydrogens is 274 g/mol. The first-order valence-electron chi connectivity index (χ1n) is 5.21. The maximum atomic E-state index is 11.5. The third-order valence-electron chi connectivity index (χ3n) is 1.86. The molecule has 0 aliphatic carbocycles. The zero-order chi connectivity index (χ0) is 12.1. The van der Waals surface area contributed by atoms with Gasteiger partial charge >= 0.3 is 5.97 Å². The highest BCUT2D eigenvalue weighted by Gasteiger charge is 2.17. The topological polar surface area (TPSA) is 67.0 Å². The van der Waals surface area contributed by atoms with Crippen LogP contribution in [0.2, 0.25) is 0 Å². The van der Waals surface area contributed by atoms with Gasteiger partial charge in [0.25, 0.3) is 0 Å². The summed E-state index contributed by atoms with van der Waals surface area (Å²) in [4.78, 5) is 11.5. The van der Waals surface area contributed by atoms with Crippen LogP contribution in [-0.4, -0.2) is 29.3 Å². The van der Waals surface area contributed by atoms with Gasteiger partial charge in [-0.3, -0.25) is 5.10 Å². The van der Waals surface area contributed by atoms with Crippen LogP contribution in [0.25, 0.3) is 0 Å². The molecule has 1 heterocycles. The van der Waals surface area contributed by atoms with E-state index in [4.69, 9.17) is 4.74 Å². The molecule has 1 rings (SSSR count). The van der Waals surface area contributed by atoms with Gasteiger partial charge in [0, 0.05) is 6.54 Å². The molecule has 5 nitrogen and oxygen atoms in total. The lowest BCUT2D eigenvalue weighted by molar-refractivity contribution is 0.0518. The highest BCUT2D eigenvalue weighted by Crippen LogP contribution is 2.24. The number of hydrogen-bond donors (Lipinski definition) is 2. The molecule has 0 radical (unpaired) electrons. The van der Waals surface area contributed by atoms with Crippen molar-refractivity contribution >= 4 is 27.7 Å². The van der Waals surface area contributed by atoms with E-state index in [1.807, 2.05) is 0 Å². The number of rotatable bonds is 5. The fraction of sp³-hybridized carbons (Fsp3) is 0.600. The molecule has 0 unspecified atom stereocenters. The lowest BCUT2D eigenvalue weighted by Gasteiger charge is -2.05. The van der Waals surface area contributed by atoms with E-state index in [2.05, 4.69) is 45.3 Å². The van der Waals surface area contributed by atoms with Gasteiger partial charge in [0.05, 0.1) is 11.1 Å². The summed E-state index contributed by atoms with van der Waals surface area (Å²) in [5.74, 6) is 0.742. The van der Waals surface area contributed by atoms with Crippen LogP contribution in [0.1, 0.15) is 31.3 Å². The highest BCUT2D eigenvalue weighted by atomic mass is 79.9. The van der Waals surface area contributed by atoms with E-state index < -0.39 is 5.97 Å². The molecule has 90 valence electrons. The predicted molar refractivity (Wildman–Crippen MR) is 65.6 cm³/mol. The van der Waals surface area contributed by atoms with Gasteiger partial charge in [0.1, 0.15) is 0 Å². The Morgan fingerprint density at radius 1 is 1.62 bits per heavy atom. The average molecular weight is 290 g/mol. The molecule has 0 saturated carbocycles. The third kappa shape index (κ3) is 3.23.